The Bertz CT molecular complexity index is 28.5. The van der Waals surface area contributed by atoms with E-state index in [2.05, 4.69) is 5.90 Å². The second-order valence-electron chi connectivity index (χ2n) is 0.253. The van der Waals surface area contributed by atoms with Crippen molar-refractivity contribution >= 4 is 0 Å². The first-order valence-electron chi connectivity index (χ1n) is 0.841. The van der Waals surface area contributed by atoms with E-state index in [0.717, 1.165) is 0 Å². The fourth-order valence-electron chi connectivity index (χ4n) is 0. The highest BCUT2D eigenvalue weighted by atomic mass is 16.9. The normalized spacial score (nSPS) is 5.00. The minimum Gasteiger partial charge on any atom is -0.320 e. The van der Waals surface area contributed by atoms with Crippen LogP contribution in [-0.4, -0.2) is 20.7 Å². The van der Waals surface area contributed by atoms with Crippen LogP contribution in [0.5, 0.6) is 0 Å². The molecule has 5 N–H and O–H groups in total. The van der Waals surface area contributed by atoms with Crippen LogP contribution in [0.4, 0.5) is 0 Å². The van der Waals surface area contributed by atoms with Crippen molar-refractivity contribution in [1.29, 1.82) is 0 Å². The summed E-state index contributed by atoms with van der Waals surface area (Å²) in [5.41, 5.74) is 0. The minimum absolute atomic E-state index is 1.25. The zero-order valence-electron chi connectivity index (χ0n) is 2.77. The van der Waals surface area contributed by atoms with Crippen LogP contribution >= 0.6 is 0 Å². The summed E-state index contributed by atoms with van der Waals surface area (Å²) in [6.45, 7) is 0. The van der Waals surface area contributed by atoms with E-state index in [1.807, 2.05) is 0 Å². The topological polar surface area (TPSA) is 107 Å². The average Bonchev–Trinajstić information content (AvgIpc) is 1.41. The molecule has 0 atom stereocenters. The quantitative estimate of drug-likeness (QED) is 0.286. The molecule has 0 aromatic heterocycles. The van der Waals surface area contributed by atoms with E-state index in [4.69, 9.17) is 20.5 Å². The lowest BCUT2D eigenvalue weighted by Gasteiger charge is -1.45. The molecule has 0 saturated carbocycles. The number of nitrogens with two attached hydrogens (primary N) is 1. The van der Waals surface area contributed by atoms with Crippen LogP contribution in [0.3, 0.4) is 0 Å². The third-order valence-electron chi connectivity index (χ3n) is 0. The highest BCUT2D eigenvalue weighted by Gasteiger charge is 1.78. The molecule has 0 aliphatic heterocycles. The van der Waals surface area contributed by atoms with Gasteiger partial charge in [-0.05, 0) is 0 Å². The fraction of sp³-hybridized carbons (Fsp3) is 0. The Morgan fingerprint density at radius 1 is 1.33 bits per heavy atom. The summed E-state index contributed by atoms with van der Waals surface area (Å²) in [5, 5.41) is 19.0. The molecule has 0 aromatic rings. The fourth-order valence-corrected chi connectivity index (χ4v) is 0. The highest BCUT2D eigenvalue weighted by Crippen LogP contribution is 1.31. The Labute approximate surface area is 32.9 Å². The summed E-state index contributed by atoms with van der Waals surface area (Å²) in [5.74, 6) is 3.50. The van der Waals surface area contributed by atoms with Gasteiger partial charge >= 0.3 is 5.09 Å². The molecule has 0 aliphatic rings. The predicted molar refractivity (Wildman–Crippen MR) is 13.2 cm³/mol. The first kappa shape index (κ1) is 8.93. The number of nitrogens with zero attached hydrogens (tertiary/aromatic N) is 1. The van der Waals surface area contributed by atoms with Crippen molar-refractivity contribution in [3.05, 3.63) is 4.91 Å². The summed E-state index contributed by atoms with van der Waals surface area (Å²) in [6, 6.07) is 0. The maximum atomic E-state index is 8.47. The molecule has 0 radical (unpaired) electrons. The SMILES string of the molecule is NO.O=[N+](O)O. The van der Waals surface area contributed by atoms with E-state index in [1.165, 1.54) is 0 Å². The maximum absolute atomic E-state index is 8.47. The van der Waals surface area contributed by atoms with Gasteiger partial charge in [-0.3, -0.25) is 0 Å². The van der Waals surface area contributed by atoms with E-state index in [0.29, 0.717) is 0 Å². The molecule has 0 aromatic carbocycles. The molecule has 0 aliphatic carbocycles. The van der Waals surface area contributed by atoms with Crippen molar-refractivity contribution in [3.8, 4) is 0 Å². The molecule has 6 heavy (non-hydrogen) atoms. The van der Waals surface area contributed by atoms with Crippen molar-refractivity contribution < 1.29 is 20.7 Å². The molecule has 0 unspecified atom stereocenters. The zero-order valence-corrected chi connectivity index (χ0v) is 2.77. The Kier molecular flexibility index (Phi) is 13.3. The lowest BCUT2D eigenvalue weighted by atomic mass is 13.1. The second-order valence-corrected chi connectivity index (χ2v) is 0.253. The van der Waals surface area contributed by atoms with Gasteiger partial charge < -0.3 is 5.21 Å². The first-order chi connectivity index (χ1) is 2.73. The van der Waals surface area contributed by atoms with Crippen LogP contribution in [0, 0.1) is 4.91 Å². The molecule has 0 spiro atoms. The molecule has 0 heterocycles. The van der Waals surface area contributed by atoms with Gasteiger partial charge in [0, 0.05) is 0 Å². The molecular formula is H5N2O4+. The lowest BCUT2D eigenvalue weighted by molar-refractivity contribution is -0.969. The number of hydrogen-bond acceptors (Lipinski definition) is 3. The van der Waals surface area contributed by atoms with E-state index in [-0.39, 0.29) is 0 Å². The van der Waals surface area contributed by atoms with Gasteiger partial charge in [0.15, 0.2) is 0 Å². The maximum Gasteiger partial charge on any atom is 0.472 e. The molecule has 6 nitrogen and oxygen atoms in total. The summed E-state index contributed by atoms with van der Waals surface area (Å²) in [7, 11) is 0. The van der Waals surface area contributed by atoms with Gasteiger partial charge in [0.25, 0.3) is 0 Å². The Balaban J connectivity index is 0. The summed E-state index contributed by atoms with van der Waals surface area (Å²) < 4.78 is 0. The number of rotatable bonds is 0. The first-order valence-corrected chi connectivity index (χ1v) is 0.841. The van der Waals surface area contributed by atoms with Gasteiger partial charge in [-0.15, -0.1) is 0 Å². The lowest BCUT2D eigenvalue weighted by Crippen LogP contribution is -1.87. The van der Waals surface area contributed by atoms with Crippen molar-refractivity contribution in [1.82, 2.24) is 0 Å². The van der Waals surface area contributed by atoms with Crippen molar-refractivity contribution in [2.75, 3.05) is 0 Å². The van der Waals surface area contributed by atoms with Crippen LogP contribution in [0.15, 0.2) is 0 Å². The van der Waals surface area contributed by atoms with Gasteiger partial charge in [0.2, 0.25) is 0 Å². The standard InChI is InChI=1S/H2NO3.H3NO/c2-1(3)4;1-2/h(H2,2,3,4);2H,1H2/q+1;. The van der Waals surface area contributed by atoms with Crippen LogP contribution in [-0.2, 0) is 0 Å². The summed E-state index contributed by atoms with van der Waals surface area (Å²) >= 11 is 0. The second kappa shape index (κ2) is 8.92. The summed E-state index contributed by atoms with van der Waals surface area (Å²) in [4.78, 5) is 8.47. The van der Waals surface area contributed by atoms with Gasteiger partial charge in [-0.1, -0.05) is 0 Å². The minimum atomic E-state index is -1.25. The molecular weight excluding hydrogens is 92.0 g/mol. The van der Waals surface area contributed by atoms with Crippen LogP contribution in [0.25, 0.3) is 0 Å². The van der Waals surface area contributed by atoms with Gasteiger partial charge in [-0.25, -0.2) is 16.3 Å². The zero-order chi connectivity index (χ0) is 5.58. The van der Waals surface area contributed by atoms with Gasteiger partial charge in [0.05, 0.1) is 0 Å². The van der Waals surface area contributed by atoms with Crippen LogP contribution in [0.1, 0.15) is 0 Å². The molecule has 0 amide bonds. The van der Waals surface area contributed by atoms with E-state index >= 15 is 0 Å². The van der Waals surface area contributed by atoms with E-state index in [1.54, 1.807) is 0 Å². The van der Waals surface area contributed by atoms with E-state index < -0.39 is 5.09 Å². The Morgan fingerprint density at radius 3 is 1.33 bits per heavy atom. The molecule has 0 rings (SSSR count). The monoisotopic (exact) mass is 97.0 g/mol. The Hall–Kier alpha value is -0.880. The Morgan fingerprint density at radius 2 is 1.33 bits per heavy atom. The summed E-state index contributed by atoms with van der Waals surface area (Å²) in [6.07, 6.45) is 0. The molecule has 0 bridgehead atoms. The molecule has 6 heteroatoms. The third kappa shape index (κ3) is 18.1. The highest BCUT2D eigenvalue weighted by molar-refractivity contribution is 3.56. The van der Waals surface area contributed by atoms with E-state index in [9.17, 15) is 0 Å². The smallest absolute Gasteiger partial charge is 0.320 e. The van der Waals surface area contributed by atoms with Crippen molar-refractivity contribution in [2.45, 2.75) is 0 Å². The van der Waals surface area contributed by atoms with Crippen molar-refractivity contribution in [2.24, 2.45) is 5.90 Å². The van der Waals surface area contributed by atoms with Crippen LogP contribution in [0.2, 0.25) is 0 Å². The molecule has 38 valence electrons. The number of hydrogen-bond donors (Lipinski definition) is 4. The van der Waals surface area contributed by atoms with Gasteiger partial charge in [-0.2, -0.15) is 0 Å². The molecule has 0 saturated heterocycles. The third-order valence-corrected chi connectivity index (χ3v) is 0. The average molecular weight is 97.0 g/mol. The largest absolute Gasteiger partial charge is 0.472 e. The van der Waals surface area contributed by atoms with Crippen molar-refractivity contribution in [3.63, 3.8) is 0 Å². The predicted octanol–water partition coefficient (Wildman–Crippen LogP) is -1.12. The molecule has 0 fully saturated rings. The van der Waals surface area contributed by atoms with Crippen LogP contribution < -0.4 is 5.90 Å². The van der Waals surface area contributed by atoms with Gasteiger partial charge in [0.1, 0.15) is 4.91 Å².